The van der Waals surface area contributed by atoms with Crippen LogP contribution in [0.15, 0.2) is 42.5 Å². The number of amides is 12. The van der Waals surface area contributed by atoms with Crippen molar-refractivity contribution in [1.29, 1.82) is 0 Å². The lowest BCUT2D eigenvalue weighted by molar-refractivity contribution is -0.148. The first-order valence-electron chi connectivity index (χ1n) is 30.9. The number of carbonyl (C=O) groups is 11. The third-order valence-electron chi connectivity index (χ3n) is 16.6. The van der Waals surface area contributed by atoms with Gasteiger partial charge in [0.1, 0.15) is 24.2 Å². The average Bonchev–Trinajstić information content (AvgIpc) is 4.15. The predicted molar refractivity (Wildman–Crippen MR) is 330 cm³/mol. The van der Waals surface area contributed by atoms with Crippen LogP contribution in [0.3, 0.4) is 0 Å². The molecule has 2 aliphatic rings. The number of urea groups is 1. The number of likely N-dealkylation sites (tertiary alicyclic amines) is 1. The van der Waals surface area contributed by atoms with Crippen LogP contribution in [0, 0.1) is 29.6 Å². The molecule has 2 heterocycles. The lowest BCUT2D eigenvalue weighted by atomic mass is 9.89. The number of nitrogens with two attached hydrogens (primary N) is 1. The molecule has 1 saturated heterocycles. The van der Waals surface area contributed by atoms with Gasteiger partial charge in [0.05, 0.1) is 55.3 Å². The molecule has 10 N–H and O–H groups in total. The lowest BCUT2D eigenvalue weighted by Crippen LogP contribution is -2.61. The Kier molecular flexibility index (Phi) is 31.7. The van der Waals surface area contributed by atoms with Gasteiger partial charge in [-0.25, -0.2) is 4.79 Å². The van der Waals surface area contributed by atoms with Gasteiger partial charge in [0.25, 0.3) is 11.8 Å². The molecule has 12 atom stereocenters. The summed E-state index contributed by atoms with van der Waals surface area (Å²) in [7, 11) is 6.01. The third kappa shape index (κ3) is 22.2. The van der Waals surface area contributed by atoms with E-state index in [1.165, 1.54) is 43.2 Å². The molecule has 0 saturated carbocycles. The highest BCUT2D eigenvalue weighted by Gasteiger charge is 2.44. The SMILES string of the molecule is CC[C@H](C)[C@@H]([C@@H](CC(=O)N1CCC[C@H]1[C@H](OC)[C@@H](C)C(=O)N[C@H](C)[C@@H](O)c1ccccc1)OC)N(C)C(=O)C(NC(=O)[C@H](C(C)C)N(C)C(=O)CNC(=O)[C@H](CCCNC(N)=O)NC(=O)C(NC(=O)CCNCCCN1C(=O)C=CC1=O)C(C)C)C(C)C. The maximum absolute atomic E-state index is 14.8. The van der Waals surface area contributed by atoms with Crippen LogP contribution in [0.25, 0.3) is 0 Å². The summed E-state index contributed by atoms with van der Waals surface area (Å²) in [6.07, 6.45) is 2.36. The summed E-state index contributed by atoms with van der Waals surface area (Å²) in [4.78, 5) is 153. The van der Waals surface area contributed by atoms with Crippen molar-refractivity contribution in [2.45, 2.75) is 181 Å². The molecule has 0 spiro atoms. The normalized spacial score (nSPS) is 17.9. The average molecular weight is 1240 g/mol. The molecule has 26 heteroatoms. The molecular weight excluding hydrogens is 1140 g/mol. The fourth-order valence-corrected chi connectivity index (χ4v) is 11.3. The van der Waals surface area contributed by atoms with E-state index >= 15 is 0 Å². The number of carbonyl (C=O) groups excluding carboxylic acids is 11. The highest BCUT2D eigenvalue weighted by molar-refractivity contribution is 6.12. The second kappa shape index (κ2) is 37.1. The molecule has 2 aliphatic heterocycles. The summed E-state index contributed by atoms with van der Waals surface area (Å²) in [6.45, 7) is 18.6. The Morgan fingerprint density at radius 3 is 1.93 bits per heavy atom. The molecule has 0 bridgehead atoms. The molecule has 3 rings (SSSR count). The van der Waals surface area contributed by atoms with Gasteiger partial charge in [0.15, 0.2) is 0 Å². The Morgan fingerprint density at radius 1 is 0.727 bits per heavy atom. The van der Waals surface area contributed by atoms with Gasteiger partial charge >= 0.3 is 6.03 Å². The van der Waals surface area contributed by atoms with Crippen LogP contribution in [-0.2, 0) is 57.4 Å². The highest BCUT2D eigenvalue weighted by Crippen LogP contribution is 2.30. The van der Waals surface area contributed by atoms with E-state index in [0.717, 1.165) is 4.90 Å². The Hall–Kier alpha value is -7.03. The number of methoxy groups -OCH3 is 2. The maximum Gasteiger partial charge on any atom is 0.312 e. The van der Waals surface area contributed by atoms with Crippen LogP contribution in [0.2, 0.25) is 0 Å². The van der Waals surface area contributed by atoms with E-state index in [2.05, 4.69) is 37.2 Å². The van der Waals surface area contributed by atoms with E-state index in [1.54, 1.807) is 79.5 Å². The highest BCUT2D eigenvalue weighted by atomic mass is 16.5. The van der Waals surface area contributed by atoms with Crippen molar-refractivity contribution in [3.05, 3.63) is 48.0 Å². The first kappa shape index (κ1) is 75.2. The fraction of sp³-hybridized carbons (Fsp3) is 0.694. The lowest BCUT2D eigenvalue weighted by Gasteiger charge is -2.41. The van der Waals surface area contributed by atoms with Crippen LogP contribution >= 0.6 is 0 Å². The van der Waals surface area contributed by atoms with Gasteiger partial charge in [0.2, 0.25) is 47.3 Å². The largest absolute Gasteiger partial charge is 0.386 e. The molecule has 0 aliphatic carbocycles. The molecule has 2 unspecified atom stereocenters. The number of likely N-dealkylation sites (N-methyl/N-ethyl adjacent to an activating group) is 2. The van der Waals surface area contributed by atoms with Gasteiger partial charge in [-0.05, 0) is 74.8 Å². The minimum atomic E-state index is -1.25. The van der Waals surface area contributed by atoms with Crippen molar-refractivity contribution in [2.24, 2.45) is 35.3 Å². The summed E-state index contributed by atoms with van der Waals surface area (Å²) in [5.74, 6) is -7.27. The number of imide groups is 1. The number of nitrogens with one attached hydrogen (secondary N) is 7. The standard InChI is InChI=1S/C62H102N12O14/c1-15-39(8)54(45(87-13)34-49(78)73-32-20-25-44(73)56(88-14)40(9)57(81)67-41(10)55(80)42-22-17-16-18-23-42)72(12)61(85)52(37(4)5)70-60(84)53(38(6)7)71(11)50(79)35-66-58(82)43(24-19-30-65-62(63)86)68-59(83)51(36(2)3)69-46(75)28-31-64-29-21-33-74-47(76)26-27-48(74)77/h16-18,22-23,26-27,36-41,43-45,51-56,64,80H,15,19-21,24-25,28-35H2,1-14H3,(H,66,82)(H,67,81)(H,68,83)(H,69,75)(H,70,84)(H3,63,65,86)/t39-,40+,41+,43-,44-,45+,51?,52?,53-,54-,55+,56+/m0/s1. The van der Waals surface area contributed by atoms with E-state index in [4.69, 9.17) is 15.2 Å². The fourth-order valence-electron chi connectivity index (χ4n) is 11.3. The van der Waals surface area contributed by atoms with Crippen molar-refractivity contribution in [1.82, 2.24) is 56.8 Å². The van der Waals surface area contributed by atoms with Gasteiger partial charge in [-0.15, -0.1) is 0 Å². The number of benzene rings is 1. The Balaban J connectivity index is 1.71. The number of hydrogen-bond donors (Lipinski definition) is 9. The molecule has 1 aromatic carbocycles. The predicted octanol–water partition coefficient (Wildman–Crippen LogP) is 1.25. The minimum Gasteiger partial charge on any atom is -0.386 e. The van der Waals surface area contributed by atoms with Crippen LogP contribution in [0.4, 0.5) is 4.79 Å². The van der Waals surface area contributed by atoms with Crippen molar-refractivity contribution in [3.63, 3.8) is 0 Å². The van der Waals surface area contributed by atoms with E-state index < -0.39 is 132 Å². The monoisotopic (exact) mass is 1240 g/mol. The summed E-state index contributed by atoms with van der Waals surface area (Å²) < 4.78 is 12.0. The zero-order valence-corrected chi connectivity index (χ0v) is 54.2. The molecule has 26 nitrogen and oxygen atoms in total. The third-order valence-corrected chi connectivity index (χ3v) is 16.6. The van der Waals surface area contributed by atoms with Gasteiger partial charge in [0, 0.05) is 73.1 Å². The second-order valence-electron chi connectivity index (χ2n) is 24.2. The van der Waals surface area contributed by atoms with Crippen LogP contribution in [0.1, 0.15) is 132 Å². The van der Waals surface area contributed by atoms with Gasteiger partial charge in [-0.3, -0.25) is 52.8 Å². The number of ether oxygens (including phenoxy) is 2. The van der Waals surface area contributed by atoms with Gasteiger partial charge in [-0.2, -0.15) is 0 Å². The molecular formula is C62H102N12O14. The molecule has 1 aromatic rings. The second-order valence-corrected chi connectivity index (χ2v) is 24.2. The number of primary amides is 1. The number of rotatable bonds is 38. The Morgan fingerprint density at radius 2 is 1.36 bits per heavy atom. The molecule has 0 radical (unpaired) electrons. The van der Waals surface area contributed by atoms with Crippen LogP contribution in [0.5, 0.6) is 0 Å². The minimum absolute atomic E-state index is 0.0109. The summed E-state index contributed by atoms with van der Waals surface area (Å²) in [5.41, 5.74) is 5.90. The summed E-state index contributed by atoms with van der Waals surface area (Å²) in [5, 5.41) is 30.3. The first-order chi connectivity index (χ1) is 41.5. The van der Waals surface area contributed by atoms with E-state index in [1.807, 2.05) is 32.0 Å². The smallest absolute Gasteiger partial charge is 0.312 e. The van der Waals surface area contributed by atoms with Crippen molar-refractivity contribution in [2.75, 3.05) is 67.6 Å². The molecule has 0 aromatic heterocycles. The molecule has 494 valence electrons. The molecule has 88 heavy (non-hydrogen) atoms. The topological polar surface area (TPSA) is 350 Å². The van der Waals surface area contributed by atoms with Crippen molar-refractivity contribution in [3.8, 4) is 0 Å². The molecule has 1 fully saturated rings. The van der Waals surface area contributed by atoms with Gasteiger partial charge in [-0.1, -0.05) is 99.1 Å². The quantitative estimate of drug-likeness (QED) is 0.0332. The zero-order chi connectivity index (χ0) is 66.1. The Labute approximate surface area is 519 Å². The number of hydrogen-bond acceptors (Lipinski definition) is 15. The number of aliphatic hydroxyl groups excluding tert-OH is 1. The number of aliphatic hydroxyl groups is 1. The summed E-state index contributed by atoms with van der Waals surface area (Å²) in [6, 6.07) is 1.97. The maximum atomic E-state index is 14.8. The van der Waals surface area contributed by atoms with Gasteiger partial charge < -0.3 is 72.2 Å². The van der Waals surface area contributed by atoms with E-state index in [0.29, 0.717) is 44.3 Å². The number of nitrogens with zero attached hydrogens (tertiary/aromatic N) is 4. The zero-order valence-electron chi connectivity index (χ0n) is 54.2. The summed E-state index contributed by atoms with van der Waals surface area (Å²) >= 11 is 0. The van der Waals surface area contributed by atoms with Crippen molar-refractivity contribution < 1.29 is 67.3 Å². The first-order valence-corrected chi connectivity index (χ1v) is 30.9. The van der Waals surface area contributed by atoms with E-state index in [-0.39, 0.29) is 74.9 Å². The molecule has 12 amide bonds. The Bertz CT molecular complexity index is 2520. The van der Waals surface area contributed by atoms with Crippen LogP contribution in [-0.4, -0.2) is 212 Å². The van der Waals surface area contributed by atoms with Crippen LogP contribution < -0.4 is 43.0 Å². The van der Waals surface area contributed by atoms with E-state index in [9.17, 15) is 57.8 Å². The van der Waals surface area contributed by atoms with Crippen molar-refractivity contribution >= 4 is 65.1 Å².